The summed E-state index contributed by atoms with van der Waals surface area (Å²) in [5.74, 6) is -0.328. The number of carbonyl (C=O) groups is 1. The average molecular weight is 263 g/mol. The lowest BCUT2D eigenvalue weighted by Crippen LogP contribution is -2.05. The highest BCUT2D eigenvalue weighted by atomic mass is 32.1. The second-order valence-electron chi connectivity index (χ2n) is 4.31. The van der Waals surface area contributed by atoms with E-state index in [0.717, 1.165) is 15.6 Å². The van der Waals surface area contributed by atoms with Gasteiger partial charge in [0.1, 0.15) is 10.8 Å². The molecule has 0 aliphatic carbocycles. The molecular weight excluding hydrogens is 249 g/mol. The lowest BCUT2D eigenvalue weighted by atomic mass is 10.0. The van der Waals surface area contributed by atoms with E-state index in [4.69, 9.17) is 0 Å². The van der Waals surface area contributed by atoms with E-state index in [-0.39, 0.29) is 18.0 Å². The molecule has 0 saturated carbocycles. The molecule has 4 heteroatoms. The molecule has 1 heterocycles. The quantitative estimate of drug-likeness (QED) is 0.791. The SMILES string of the molecule is Cc1cc(F)ccc1C(=O)Cc1nc(C)c(C)s1. The Hall–Kier alpha value is -1.55. The summed E-state index contributed by atoms with van der Waals surface area (Å²) in [6, 6.07) is 4.24. The monoisotopic (exact) mass is 263 g/mol. The standard InChI is InChI=1S/C14H14FNOS/c1-8-6-11(15)4-5-12(8)13(17)7-14-16-9(2)10(3)18-14/h4-6H,7H2,1-3H3. The fourth-order valence-corrected chi connectivity index (χ4v) is 2.72. The van der Waals surface area contributed by atoms with Crippen LogP contribution in [-0.2, 0) is 6.42 Å². The highest BCUT2D eigenvalue weighted by Crippen LogP contribution is 2.19. The van der Waals surface area contributed by atoms with Crippen LogP contribution in [0.5, 0.6) is 0 Å². The first kappa shape index (κ1) is 12.9. The third-order valence-electron chi connectivity index (χ3n) is 2.87. The van der Waals surface area contributed by atoms with Crippen LogP contribution in [0, 0.1) is 26.6 Å². The van der Waals surface area contributed by atoms with Gasteiger partial charge in [-0.25, -0.2) is 9.37 Å². The van der Waals surface area contributed by atoms with Crippen LogP contribution in [0.25, 0.3) is 0 Å². The third kappa shape index (κ3) is 2.64. The zero-order valence-corrected chi connectivity index (χ0v) is 11.4. The maximum absolute atomic E-state index is 13.0. The Morgan fingerprint density at radius 3 is 2.61 bits per heavy atom. The van der Waals surface area contributed by atoms with Gasteiger partial charge in [-0.1, -0.05) is 0 Å². The van der Waals surface area contributed by atoms with Crippen molar-refractivity contribution in [3.63, 3.8) is 0 Å². The summed E-state index contributed by atoms with van der Waals surface area (Å²) in [7, 11) is 0. The number of nitrogens with zero attached hydrogens (tertiary/aromatic N) is 1. The van der Waals surface area contributed by atoms with Crippen LogP contribution in [0.1, 0.15) is 31.5 Å². The van der Waals surface area contributed by atoms with Crippen LogP contribution in [0.3, 0.4) is 0 Å². The molecule has 0 spiro atoms. The van der Waals surface area contributed by atoms with Crippen LogP contribution >= 0.6 is 11.3 Å². The minimum atomic E-state index is -0.315. The van der Waals surface area contributed by atoms with Crippen LogP contribution in [0.2, 0.25) is 0 Å². The number of ketones is 1. The van der Waals surface area contributed by atoms with Gasteiger partial charge < -0.3 is 0 Å². The fraction of sp³-hybridized carbons (Fsp3) is 0.286. The van der Waals surface area contributed by atoms with Gasteiger partial charge in [0.05, 0.1) is 12.1 Å². The largest absolute Gasteiger partial charge is 0.294 e. The zero-order valence-electron chi connectivity index (χ0n) is 10.6. The number of hydrogen-bond acceptors (Lipinski definition) is 3. The molecule has 1 aromatic heterocycles. The number of halogens is 1. The van der Waals surface area contributed by atoms with E-state index in [1.54, 1.807) is 24.3 Å². The number of benzene rings is 1. The first-order valence-electron chi connectivity index (χ1n) is 5.69. The van der Waals surface area contributed by atoms with Crippen molar-refractivity contribution >= 4 is 17.1 Å². The molecule has 0 N–H and O–H groups in total. The van der Waals surface area contributed by atoms with Gasteiger partial charge in [-0.15, -0.1) is 11.3 Å². The van der Waals surface area contributed by atoms with Gasteiger partial charge in [0.2, 0.25) is 0 Å². The summed E-state index contributed by atoms with van der Waals surface area (Å²) >= 11 is 1.54. The molecule has 0 unspecified atom stereocenters. The van der Waals surface area contributed by atoms with Crippen molar-refractivity contribution in [1.29, 1.82) is 0 Å². The molecule has 2 nitrogen and oxygen atoms in total. The van der Waals surface area contributed by atoms with Gasteiger partial charge in [-0.3, -0.25) is 4.79 Å². The van der Waals surface area contributed by atoms with Gasteiger partial charge in [0.25, 0.3) is 0 Å². The van der Waals surface area contributed by atoms with Crippen molar-refractivity contribution < 1.29 is 9.18 Å². The number of Topliss-reactive ketones (excluding diaryl/α,β-unsaturated/α-hetero) is 1. The molecule has 0 radical (unpaired) electrons. The van der Waals surface area contributed by atoms with Crippen molar-refractivity contribution in [3.05, 3.63) is 50.7 Å². The van der Waals surface area contributed by atoms with Gasteiger partial charge in [0.15, 0.2) is 5.78 Å². The first-order chi connectivity index (χ1) is 8.47. The van der Waals surface area contributed by atoms with E-state index in [1.807, 2.05) is 13.8 Å². The van der Waals surface area contributed by atoms with Crippen molar-refractivity contribution in [1.82, 2.24) is 4.98 Å². The van der Waals surface area contributed by atoms with E-state index < -0.39 is 0 Å². The molecular formula is C14H14FNOS. The smallest absolute Gasteiger partial charge is 0.169 e. The Labute approximate surface area is 110 Å². The molecule has 0 atom stereocenters. The Balaban J connectivity index is 2.22. The van der Waals surface area contributed by atoms with Crippen LogP contribution < -0.4 is 0 Å². The van der Waals surface area contributed by atoms with Gasteiger partial charge in [-0.05, 0) is 44.5 Å². The highest BCUT2D eigenvalue weighted by molar-refractivity contribution is 7.11. The number of aromatic nitrogens is 1. The molecule has 0 fully saturated rings. The Kier molecular flexibility index (Phi) is 3.57. The molecule has 18 heavy (non-hydrogen) atoms. The molecule has 0 aliphatic rings. The summed E-state index contributed by atoms with van der Waals surface area (Å²) in [6.07, 6.45) is 0.284. The molecule has 0 amide bonds. The second kappa shape index (κ2) is 4.98. The number of aryl methyl sites for hydroxylation is 3. The number of carbonyl (C=O) groups excluding carboxylic acids is 1. The topological polar surface area (TPSA) is 30.0 Å². The molecule has 2 aromatic rings. The average Bonchev–Trinajstić information content (AvgIpc) is 2.57. The lowest BCUT2D eigenvalue weighted by Gasteiger charge is -2.03. The molecule has 0 bridgehead atoms. The van der Waals surface area contributed by atoms with Crippen molar-refractivity contribution in [2.45, 2.75) is 27.2 Å². The van der Waals surface area contributed by atoms with Gasteiger partial charge in [-0.2, -0.15) is 0 Å². The summed E-state index contributed by atoms with van der Waals surface area (Å²) in [5.41, 5.74) is 2.21. The molecule has 2 rings (SSSR count). The Morgan fingerprint density at radius 2 is 2.06 bits per heavy atom. The summed E-state index contributed by atoms with van der Waals surface area (Å²) in [5, 5.41) is 0.818. The summed E-state index contributed by atoms with van der Waals surface area (Å²) < 4.78 is 13.0. The number of rotatable bonds is 3. The van der Waals surface area contributed by atoms with E-state index >= 15 is 0 Å². The normalized spacial score (nSPS) is 10.7. The third-order valence-corrected chi connectivity index (χ3v) is 3.95. The maximum Gasteiger partial charge on any atom is 0.169 e. The second-order valence-corrected chi connectivity index (χ2v) is 5.60. The fourth-order valence-electron chi connectivity index (χ4n) is 1.79. The minimum Gasteiger partial charge on any atom is -0.294 e. The highest BCUT2D eigenvalue weighted by Gasteiger charge is 2.13. The maximum atomic E-state index is 13.0. The van der Waals surface area contributed by atoms with Gasteiger partial charge in [0, 0.05) is 10.4 Å². The van der Waals surface area contributed by atoms with Gasteiger partial charge >= 0.3 is 0 Å². The number of thiazole rings is 1. The summed E-state index contributed by atoms with van der Waals surface area (Å²) in [4.78, 5) is 17.6. The minimum absolute atomic E-state index is 0.0127. The van der Waals surface area contributed by atoms with E-state index in [0.29, 0.717) is 11.1 Å². The van der Waals surface area contributed by atoms with E-state index in [9.17, 15) is 9.18 Å². The molecule has 0 saturated heterocycles. The number of hydrogen-bond donors (Lipinski definition) is 0. The van der Waals surface area contributed by atoms with E-state index in [1.165, 1.54) is 12.1 Å². The molecule has 94 valence electrons. The first-order valence-corrected chi connectivity index (χ1v) is 6.51. The molecule has 1 aromatic carbocycles. The van der Waals surface area contributed by atoms with Crippen LogP contribution in [0.15, 0.2) is 18.2 Å². The van der Waals surface area contributed by atoms with Crippen molar-refractivity contribution in [3.8, 4) is 0 Å². The predicted molar refractivity (Wildman–Crippen MR) is 70.8 cm³/mol. The van der Waals surface area contributed by atoms with Crippen LogP contribution in [0.4, 0.5) is 4.39 Å². The lowest BCUT2D eigenvalue weighted by molar-refractivity contribution is 0.0992. The Morgan fingerprint density at radius 1 is 1.33 bits per heavy atom. The van der Waals surface area contributed by atoms with Crippen molar-refractivity contribution in [2.24, 2.45) is 0 Å². The summed E-state index contributed by atoms with van der Waals surface area (Å²) in [6.45, 7) is 5.67. The zero-order chi connectivity index (χ0) is 13.3. The van der Waals surface area contributed by atoms with E-state index in [2.05, 4.69) is 4.98 Å². The predicted octanol–water partition coefficient (Wildman–Crippen LogP) is 3.63. The Bertz CT molecular complexity index is 584. The van der Waals surface area contributed by atoms with Crippen molar-refractivity contribution in [2.75, 3.05) is 0 Å². The molecule has 0 aliphatic heterocycles. The van der Waals surface area contributed by atoms with Crippen LogP contribution in [-0.4, -0.2) is 10.8 Å².